The van der Waals surface area contributed by atoms with Crippen LogP contribution in [0.1, 0.15) is 41.6 Å². The van der Waals surface area contributed by atoms with Gasteiger partial charge in [0.2, 0.25) is 0 Å². The Morgan fingerprint density at radius 1 is 1.29 bits per heavy atom. The van der Waals surface area contributed by atoms with E-state index in [4.69, 9.17) is 5.11 Å². The Kier molecular flexibility index (Phi) is 4.57. The van der Waals surface area contributed by atoms with Crippen molar-refractivity contribution < 1.29 is 9.90 Å². The van der Waals surface area contributed by atoms with Crippen LogP contribution in [-0.2, 0) is 0 Å². The number of carbonyl (C=O) groups is 1. The van der Waals surface area contributed by atoms with Crippen LogP contribution in [0.15, 0.2) is 28.7 Å². The zero-order chi connectivity index (χ0) is 15.6. The second kappa shape index (κ2) is 6.22. The van der Waals surface area contributed by atoms with E-state index in [0.717, 1.165) is 11.5 Å². The van der Waals surface area contributed by atoms with E-state index in [-0.39, 0.29) is 11.5 Å². The average Bonchev–Trinajstić information content (AvgIpc) is 2.40. The molecule has 21 heavy (non-hydrogen) atoms. The smallest absolute Gasteiger partial charge is 0.336 e. The summed E-state index contributed by atoms with van der Waals surface area (Å²) >= 11 is 3.22. The van der Waals surface area contributed by atoms with Crippen molar-refractivity contribution in [3.63, 3.8) is 0 Å². The van der Waals surface area contributed by atoms with E-state index >= 15 is 0 Å². The minimum atomic E-state index is -0.979. The summed E-state index contributed by atoms with van der Waals surface area (Å²) in [4.78, 5) is 20.0. The molecule has 0 aliphatic rings. The van der Waals surface area contributed by atoms with Crippen LogP contribution in [0.2, 0.25) is 0 Å². The van der Waals surface area contributed by atoms with Crippen LogP contribution in [0.4, 0.5) is 11.5 Å². The van der Waals surface area contributed by atoms with Gasteiger partial charge in [-0.05, 0) is 41.1 Å². The third-order valence-corrected chi connectivity index (χ3v) is 3.55. The lowest BCUT2D eigenvalue weighted by Crippen LogP contribution is -2.04. The van der Waals surface area contributed by atoms with Gasteiger partial charge in [-0.3, -0.25) is 0 Å². The maximum absolute atomic E-state index is 11.1. The topological polar surface area (TPSA) is 75.1 Å². The quantitative estimate of drug-likeness (QED) is 0.868. The predicted octanol–water partition coefficient (Wildman–Crippen LogP) is 4.11. The predicted molar refractivity (Wildman–Crippen MR) is 85.2 cm³/mol. The van der Waals surface area contributed by atoms with Crippen LogP contribution in [0.3, 0.4) is 0 Å². The van der Waals surface area contributed by atoms with Crippen LogP contribution in [0.25, 0.3) is 0 Å². The lowest BCUT2D eigenvalue weighted by atomic mass is 10.2. The van der Waals surface area contributed by atoms with Crippen LogP contribution >= 0.6 is 15.9 Å². The van der Waals surface area contributed by atoms with E-state index in [1.807, 2.05) is 26.8 Å². The fraction of sp³-hybridized carbons (Fsp3) is 0.267. The number of hydrogen-bond acceptors (Lipinski definition) is 4. The van der Waals surface area contributed by atoms with E-state index in [1.165, 1.54) is 0 Å². The summed E-state index contributed by atoms with van der Waals surface area (Å²) in [6.45, 7) is 5.96. The summed E-state index contributed by atoms with van der Waals surface area (Å²) in [6, 6.07) is 6.89. The molecule has 6 heteroatoms. The lowest BCUT2D eigenvalue weighted by Gasteiger charge is -2.11. The van der Waals surface area contributed by atoms with Crippen molar-refractivity contribution in [2.75, 3.05) is 5.32 Å². The van der Waals surface area contributed by atoms with Crippen LogP contribution < -0.4 is 5.32 Å². The third-order valence-electron chi connectivity index (χ3n) is 2.86. The number of rotatable bonds is 4. The number of carboxylic acids is 1. The van der Waals surface area contributed by atoms with Crippen LogP contribution in [-0.4, -0.2) is 21.0 Å². The summed E-state index contributed by atoms with van der Waals surface area (Å²) in [5.74, 6) is 0.662. The van der Waals surface area contributed by atoms with Crippen molar-refractivity contribution in [1.82, 2.24) is 9.97 Å². The largest absolute Gasteiger partial charge is 0.478 e. The lowest BCUT2D eigenvalue weighted by molar-refractivity contribution is 0.0696. The van der Waals surface area contributed by atoms with Gasteiger partial charge in [-0.25, -0.2) is 14.8 Å². The molecule has 0 fully saturated rings. The first kappa shape index (κ1) is 15.4. The number of carboxylic acid groups (broad SMARTS) is 1. The second-order valence-electron chi connectivity index (χ2n) is 5.03. The number of aromatic nitrogens is 2. The summed E-state index contributed by atoms with van der Waals surface area (Å²) in [7, 11) is 0. The van der Waals surface area contributed by atoms with Crippen LogP contribution in [0, 0.1) is 6.92 Å². The molecule has 110 valence electrons. The van der Waals surface area contributed by atoms with E-state index in [9.17, 15) is 4.79 Å². The minimum absolute atomic E-state index is 0.204. The molecule has 0 bridgehead atoms. The summed E-state index contributed by atoms with van der Waals surface area (Å²) in [5, 5.41) is 12.3. The standard InChI is InChI=1S/C15H16BrN3O2/c1-8(2)14-17-9(3)6-13(19-14)18-10-4-5-12(16)11(7-10)15(20)21/h4-8H,1-3H3,(H,20,21)(H,17,18,19). The Bertz CT molecular complexity index is 687. The van der Waals surface area contributed by atoms with Gasteiger partial charge in [0.25, 0.3) is 0 Å². The molecule has 0 radical (unpaired) electrons. The summed E-state index contributed by atoms with van der Waals surface area (Å²) < 4.78 is 0.544. The van der Waals surface area contributed by atoms with Gasteiger partial charge in [0.1, 0.15) is 11.6 Å². The number of benzene rings is 1. The maximum atomic E-state index is 11.1. The molecule has 2 rings (SSSR count). The van der Waals surface area contributed by atoms with Gasteiger partial charge in [0.05, 0.1) is 5.56 Å². The summed E-state index contributed by atoms with van der Waals surface area (Å²) in [5.41, 5.74) is 1.74. The molecule has 5 nitrogen and oxygen atoms in total. The zero-order valence-electron chi connectivity index (χ0n) is 12.0. The van der Waals surface area contributed by atoms with E-state index < -0.39 is 5.97 Å². The molecule has 1 aromatic carbocycles. The molecule has 0 spiro atoms. The molecule has 0 aliphatic heterocycles. The van der Waals surface area contributed by atoms with Gasteiger partial charge in [-0.1, -0.05) is 13.8 Å². The van der Waals surface area contributed by atoms with Crippen molar-refractivity contribution in [3.8, 4) is 0 Å². The third kappa shape index (κ3) is 3.78. The van der Waals surface area contributed by atoms with Gasteiger partial charge in [-0.15, -0.1) is 0 Å². The minimum Gasteiger partial charge on any atom is -0.478 e. The molecule has 0 unspecified atom stereocenters. The Morgan fingerprint density at radius 2 is 2.00 bits per heavy atom. The highest BCUT2D eigenvalue weighted by molar-refractivity contribution is 9.10. The monoisotopic (exact) mass is 349 g/mol. The molecule has 0 saturated carbocycles. The van der Waals surface area contributed by atoms with Gasteiger partial charge in [0.15, 0.2) is 0 Å². The molecule has 0 aliphatic carbocycles. The van der Waals surface area contributed by atoms with Gasteiger partial charge in [0, 0.05) is 27.8 Å². The molecule has 1 aromatic heterocycles. The number of halogens is 1. The molecule has 0 atom stereocenters. The highest BCUT2D eigenvalue weighted by atomic mass is 79.9. The van der Waals surface area contributed by atoms with Crippen molar-refractivity contribution in [2.45, 2.75) is 26.7 Å². The Morgan fingerprint density at radius 3 is 2.62 bits per heavy atom. The van der Waals surface area contributed by atoms with Crippen LogP contribution in [0.5, 0.6) is 0 Å². The molecule has 2 aromatic rings. The molecule has 0 amide bonds. The molecule has 2 N–H and O–H groups in total. The maximum Gasteiger partial charge on any atom is 0.336 e. The van der Waals surface area contributed by atoms with Crippen molar-refractivity contribution in [2.24, 2.45) is 0 Å². The fourth-order valence-corrected chi connectivity index (χ4v) is 2.24. The normalized spacial score (nSPS) is 10.7. The number of aryl methyl sites for hydroxylation is 1. The van der Waals surface area contributed by atoms with E-state index in [1.54, 1.807) is 18.2 Å². The van der Waals surface area contributed by atoms with Crippen molar-refractivity contribution >= 4 is 33.4 Å². The first-order valence-corrected chi connectivity index (χ1v) is 7.31. The van der Waals surface area contributed by atoms with E-state index in [0.29, 0.717) is 16.0 Å². The van der Waals surface area contributed by atoms with Gasteiger partial charge >= 0.3 is 5.97 Å². The summed E-state index contributed by atoms with van der Waals surface area (Å²) in [6.07, 6.45) is 0. The first-order chi connectivity index (χ1) is 9.86. The Labute approximate surface area is 131 Å². The van der Waals surface area contributed by atoms with E-state index in [2.05, 4.69) is 31.2 Å². The highest BCUT2D eigenvalue weighted by Crippen LogP contribution is 2.24. The average molecular weight is 350 g/mol. The van der Waals surface area contributed by atoms with Crippen molar-refractivity contribution in [3.05, 3.63) is 45.8 Å². The van der Waals surface area contributed by atoms with Gasteiger partial charge < -0.3 is 10.4 Å². The Hall–Kier alpha value is -1.95. The fourth-order valence-electron chi connectivity index (χ4n) is 1.83. The number of nitrogens with one attached hydrogen (secondary N) is 1. The molecular weight excluding hydrogens is 334 g/mol. The number of hydrogen-bond donors (Lipinski definition) is 2. The first-order valence-electron chi connectivity index (χ1n) is 6.52. The SMILES string of the molecule is Cc1cc(Nc2ccc(Br)c(C(=O)O)c2)nc(C(C)C)n1. The number of aromatic carboxylic acids is 1. The molecule has 0 saturated heterocycles. The van der Waals surface area contributed by atoms with Crippen molar-refractivity contribution in [1.29, 1.82) is 0 Å². The second-order valence-corrected chi connectivity index (χ2v) is 5.89. The number of nitrogens with zero attached hydrogens (tertiary/aromatic N) is 2. The number of anilines is 2. The Balaban J connectivity index is 2.34. The van der Waals surface area contributed by atoms with Gasteiger partial charge in [-0.2, -0.15) is 0 Å². The molecule has 1 heterocycles. The highest BCUT2D eigenvalue weighted by Gasteiger charge is 2.10. The molecular formula is C15H16BrN3O2. The zero-order valence-corrected chi connectivity index (χ0v) is 13.6.